The van der Waals surface area contributed by atoms with Gasteiger partial charge >= 0.3 is 0 Å². The molecule has 0 amide bonds. The van der Waals surface area contributed by atoms with Crippen molar-refractivity contribution in [1.29, 1.82) is 0 Å². The molecule has 0 bridgehead atoms. The van der Waals surface area contributed by atoms with Crippen LogP contribution < -0.4 is 5.32 Å². The van der Waals surface area contributed by atoms with E-state index in [1.165, 1.54) is 45.4 Å². The van der Waals surface area contributed by atoms with Gasteiger partial charge in [-0.25, -0.2) is 0 Å². The summed E-state index contributed by atoms with van der Waals surface area (Å²) in [6, 6.07) is 0. The Hall–Kier alpha value is -0.160. The fraction of sp³-hybridized carbons (Fsp3) is 1.00. The first-order valence-corrected chi connectivity index (χ1v) is 8.22. The predicted molar refractivity (Wildman–Crippen MR) is 86.1 cm³/mol. The van der Waals surface area contributed by atoms with E-state index in [0.29, 0.717) is 0 Å². The lowest BCUT2D eigenvalue weighted by atomic mass is 9.94. The van der Waals surface area contributed by atoms with E-state index in [2.05, 4.69) is 43.1 Å². The summed E-state index contributed by atoms with van der Waals surface area (Å²) in [4.78, 5) is 4.90. The van der Waals surface area contributed by atoms with Crippen molar-refractivity contribution in [3.05, 3.63) is 0 Å². The second-order valence-corrected chi connectivity index (χ2v) is 6.90. The number of piperidine rings is 1. The Morgan fingerprint density at radius 2 is 1.95 bits per heavy atom. The third-order valence-corrected chi connectivity index (χ3v) is 4.49. The van der Waals surface area contributed by atoms with E-state index >= 15 is 0 Å². The molecule has 1 heterocycles. The van der Waals surface area contributed by atoms with Crippen molar-refractivity contribution in [1.82, 2.24) is 15.1 Å². The van der Waals surface area contributed by atoms with E-state index in [-0.39, 0.29) is 12.1 Å². The molecule has 1 unspecified atom stereocenters. The first-order chi connectivity index (χ1) is 9.49. The Morgan fingerprint density at radius 3 is 2.45 bits per heavy atom. The van der Waals surface area contributed by atoms with Gasteiger partial charge in [-0.2, -0.15) is 0 Å². The summed E-state index contributed by atoms with van der Waals surface area (Å²) in [5, 5.41) is 12.9. The minimum Gasteiger partial charge on any atom is -0.394 e. The summed E-state index contributed by atoms with van der Waals surface area (Å²) in [6.45, 7) is 10.3. The lowest BCUT2D eigenvalue weighted by molar-refractivity contribution is 0.139. The van der Waals surface area contributed by atoms with Gasteiger partial charge in [-0.05, 0) is 78.8 Å². The summed E-state index contributed by atoms with van der Waals surface area (Å²) in [6.07, 6.45) is 4.89. The SMILES string of the molecule is CCNC(C)(CO)CCCN1CCC(CN(C)C)CC1. The molecule has 1 atom stereocenters. The smallest absolute Gasteiger partial charge is 0.0610 e. The fourth-order valence-electron chi connectivity index (χ4n) is 3.25. The zero-order valence-electron chi connectivity index (χ0n) is 14.0. The van der Waals surface area contributed by atoms with Crippen LogP contribution >= 0.6 is 0 Å². The van der Waals surface area contributed by atoms with Crippen molar-refractivity contribution >= 4 is 0 Å². The van der Waals surface area contributed by atoms with Gasteiger partial charge in [-0.15, -0.1) is 0 Å². The van der Waals surface area contributed by atoms with E-state index in [4.69, 9.17) is 0 Å². The Morgan fingerprint density at radius 1 is 1.30 bits per heavy atom. The number of aliphatic hydroxyl groups excluding tert-OH is 1. The van der Waals surface area contributed by atoms with E-state index in [9.17, 15) is 5.11 Å². The number of rotatable bonds is 9. The van der Waals surface area contributed by atoms with Crippen molar-refractivity contribution in [3.8, 4) is 0 Å². The molecular weight excluding hydrogens is 250 g/mol. The Balaban J connectivity index is 2.18. The average Bonchev–Trinajstić information content (AvgIpc) is 2.40. The molecule has 0 saturated carbocycles. The molecule has 4 heteroatoms. The van der Waals surface area contributed by atoms with Gasteiger partial charge in [0, 0.05) is 12.1 Å². The third-order valence-electron chi connectivity index (χ3n) is 4.49. The molecule has 1 aliphatic rings. The van der Waals surface area contributed by atoms with Crippen LogP contribution in [0.2, 0.25) is 0 Å². The predicted octanol–water partition coefficient (Wildman–Crippen LogP) is 1.40. The zero-order valence-corrected chi connectivity index (χ0v) is 14.0. The lowest BCUT2D eigenvalue weighted by Crippen LogP contribution is -2.46. The van der Waals surface area contributed by atoms with Gasteiger partial charge < -0.3 is 20.2 Å². The molecule has 20 heavy (non-hydrogen) atoms. The fourth-order valence-corrected chi connectivity index (χ4v) is 3.25. The topological polar surface area (TPSA) is 38.7 Å². The minimum absolute atomic E-state index is 0.0992. The molecule has 1 saturated heterocycles. The normalized spacial score (nSPS) is 21.3. The number of likely N-dealkylation sites (N-methyl/N-ethyl adjacent to an activating group) is 1. The van der Waals surface area contributed by atoms with E-state index < -0.39 is 0 Å². The van der Waals surface area contributed by atoms with Crippen molar-refractivity contribution < 1.29 is 5.11 Å². The maximum absolute atomic E-state index is 9.49. The number of hydrogen-bond donors (Lipinski definition) is 2. The highest BCUT2D eigenvalue weighted by molar-refractivity contribution is 4.82. The molecule has 0 aromatic carbocycles. The molecule has 120 valence electrons. The van der Waals surface area contributed by atoms with Gasteiger partial charge in [-0.1, -0.05) is 6.92 Å². The van der Waals surface area contributed by atoms with Crippen LogP contribution in [0, 0.1) is 5.92 Å². The summed E-state index contributed by atoms with van der Waals surface area (Å²) in [7, 11) is 4.34. The molecule has 2 N–H and O–H groups in total. The number of nitrogens with one attached hydrogen (secondary N) is 1. The highest BCUT2D eigenvalue weighted by Crippen LogP contribution is 2.19. The van der Waals surface area contributed by atoms with Crippen molar-refractivity contribution in [2.75, 3.05) is 53.4 Å². The molecule has 1 rings (SSSR count). The quantitative estimate of drug-likeness (QED) is 0.672. The molecule has 0 radical (unpaired) electrons. The number of likely N-dealkylation sites (tertiary alicyclic amines) is 1. The minimum atomic E-state index is -0.0992. The molecule has 1 aliphatic heterocycles. The van der Waals surface area contributed by atoms with E-state index in [0.717, 1.165) is 18.9 Å². The third kappa shape index (κ3) is 6.53. The summed E-state index contributed by atoms with van der Waals surface area (Å²) in [5.74, 6) is 0.880. The van der Waals surface area contributed by atoms with Crippen LogP contribution in [0.3, 0.4) is 0 Å². The van der Waals surface area contributed by atoms with Crippen molar-refractivity contribution in [3.63, 3.8) is 0 Å². The molecule has 0 aromatic heterocycles. The van der Waals surface area contributed by atoms with Crippen molar-refractivity contribution in [2.24, 2.45) is 5.92 Å². The number of aliphatic hydroxyl groups is 1. The van der Waals surface area contributed by atoms with Gasteiger partial charge in [0.15, 0.2) is 0 Å². The van der Waals surface area contributed by atoms with Crippen molar-refractivity contribution in [2.45, 2.75) is 45.1 Å². The van der Waals surface area contributed by atoms with Crippen LogP contribution in [0.1, 0.15) is 39.5 Å². The van der Waals surface area contributed by atoms with Gasteiger partial charge in [-0.3, -0.25) is 0 Å². The Labute approximate surface area is 125 Å². The first-order valence-electron chi connectivity index (χ1n) is 8.22. The summed E-state index contributed by atoms with van der Waals surface area (Å²) >= 11 is 0. The average molecular weight is 285 g/mol. The Kier molecular flexibility index (Phi) is 8.03. The summed E-state index contributed by atoms with van der Waals surface area (Å²) in [5.41, 5.74) is -0.0992. The molecular formula is C16H35N3O. The van der Waals surface area contributed by atoms with Gasteiger partial charge in [0.25, 0.3) is 0 Å². The largest absolute Gasteiger partial charge is 0.394 e. The van der Waals surface area contributed by atoms with Crippen LogP contribution in [-0.4, -0.2) is 73.9 Å². The standard InChI is InChI=1S/C16H35N3O/c1-5-17-16(2,14-20)9-6-10-19-11-7-15(8-12-19)13-18(3)4/h15,17,20H,5-14H2,1-4H3. The maximum atomic E-state index is 9.49. The van der Waals surface area contributed by atoms with Crippen LogP contribution in [0.5, 0.6) is 0 Å². The second-order valence-electron chi connectivity index (χ2n) is 6.90. The van der Waals surface area contributed by atoms with E-state index in [1.807, 2.05) is 0 Å². The van der Waals surface area contributed by atoms with Gasteiger partial charge in [0.1, 0.15) is 0 Å². The second kappa shape index (κ2) is 8.98. The zero-order chi connectivity index (χ0) is 15.0. The summed E-state index contributed by atoms with van der Waals surface area (Å²) < 4.78 is 0. The number of hydrogen-bond acceptors (Lipinski definition) is 4. The Bertz CT molecular complexity index is 252. The van der Waals surface area contributed by atoms with Crippen LogP contribution in [0.25, 0.3) is 0 Å². The lowest BCUT2D eigenvalue weighted by Gasteiger charge is -2.34. The molecule has 0 aliphatic carbocycles. The number of nitrogens with zero attached hydrogens (tertiary/aromatic N) is 2. The van der Waals surface area contributed by atoms with Gasteiger partial charge in [0.05, 0.1) is 6.61 Å². The van der Waals surface area contributed by atoms with Crippen LogP contribution in [0.4, 0.5) is 0 Å². The molecule has 0 aromatic rings. The first kappa shape index (κ1) is 17.9. The van der Waals surface area contributed by atoms with E-state index in [1.54, 1.807) is 0 Å². The maximum Gasteiger partial charge on any atom is 0.0610 e. The van der Waals surface area contributed by atoms with Crippen LogP contribution in [0.15, 0.2) is 0 Å². The molecule has 1 fully saturated rings. The van der Waals surface area contributed by atoms with Gasteiger partial charge in [0.2, 0.25) is 0 Å². The monoisotopic (exact) mass is 285 g/mol. The van der Waals surface area contributed by atoms with Crippen LogP contribution in [-0.2, 0) is 0 Å². The highest BCUT2D eigenvalue weighted by atomic mass is 16.3. The molecule has 0 spiro atoms. The molecule has 4 nitrogen and oxygen atoms in total. The highest BCUT2D eigenvalue weighted by Gasteiger charge is 2.23.